The molecule has 0 aliphatic heterocycles. The minimum Gasteiger partial charge on any atom is -0.325 e. The topological polar surface area (TPSA) is 63.2 Å². The van der Waals surface area contributed by atoms with Crippen molar-refractivity contribution in [3.63, 3.8) is 0 Å². The minimum absolute atomic E-state index is 0.0101. The smallest absolute Gasteiger partial charge is 0.228 e. The third kappa shape index (κ3) is 4.79. The first-order valence-corrected chi connectivity index (χ1v) is 12.3. The van der Waals surface area contributed by atoms with E-state index in [9.17, 15) is 14.4 Å². The molecule has 1 aliphatic carbocycles. The van der Waals surface area contributed by atoms with E-state index in [4.69, 9.17) is 0 Å². The van der Waals surface area contributed by atoms with Crippen LogP contribution < -0.4 is 5.32 Å². The molecule has 4 nitrogen and oxygen atoms in total. The third-order valence-electron chi connectivity index (χ3n) is 6.53. The van der Waals surface area contributed by atoms with Gasteiger partial charge in [-0.2, -0.15) is 0 Å². The molecule has 0 spiro atoms. The van der Waals surface area contributed by atoms with Gasteiger partial charge in [-0.1, -0.05) is 60.7 Å². The van der Waals surface area contributed by atoms with Crippen molar-refractivity contribution < 1.29 is 14.4 Å². The molecule has 1 amide bonds. The Hall–Kier alpha value is -3.18. The van der Waals surface area contributed by atoms with Gasteiger partial charge >= 0.3 is 0 Å². The molecule has 1 aliphatic rings. The fourth-order valence-electron chi connectivity index (χ4n) is 4.60. The Morgan fingerprint density at radius 1 is 0.758 bits per heavy atom. The summed E-state index contributed by atoms with van der Waals surface area (Å²) in [6.45, 7) is 3.11. The summed E-state index contributed by atoms with van der Waals surface area (Å²) < 4.78 is 0. The molecule has 1 saturated carbocycles. The second-order valence-corrected chi connectivity index (χ2v) is 9.37. The molecule has 1 fully saturated rings. The predicted molar refractivity (Wildman–Crippen MR) is 133 cm³/mol. The zero-order valence-corrected chi connectivity index (χ0v) is 19.8. The van der Waals surface area contributed by atoms with Crippen molar-refractivity contribution in [2.75, 3.05) is 11.6 Å². The first kappa shape index (κ1) is 23.0. The van der Waals surface area contributed by atoms with Crippen molar-refractivity contribution in [1.82, 2.24) is 0 Å². The molecule has 5 heteroatoms. The van der Waals surface area contributed by atoms with Gasteiger partial charge in [0, 0.05) is 16.0 Å². The number of rotatable bonds is 7. The number of Topliss-reactive ketones (excluding diaryl/α,β-unsaturated/α-hetero) is 2. The van der Waals surface area contributed by atoms with Crippen LogP contribution in [0.1, 0.15) is 63.9 Å². The van der Waals surface area contributed by atoms with E-state index in [0.29, 0.717) is 11.1 Å². The fourth-order valence-corrected chi connectivity index (χ4v) is 5.15. The van der Waals surface area contributed by atoms with Gasteiger partial charge in [-0.05, 0) is 61.6 Å². The first-order valence-electron chi connectivity index (χ1n) is 11.0. The van der Waals surface area contributed by atoms with Crippen LogP contribution in [0, 0.1) is 5.92 Å². The number of amides is 1. The summed E-state index contributed by atoms with van der Waals surface area (Å²) in [5.74, 6) is -0.0756. The molecule has 0 radical (unpaired) electrons. The maximum atomic E-state index is 13.6. The van der Waals surface area contributed by atoms with E-state index in [-0.39, 0.29) is 35.2 Å². The Morgan fingerprint density at radius 2 is 1.24 bits per heavy atom. The Labute approximate surface area is 198 Å². The molecule has 0 saturated heterocycles. The average molecular weight is 458 g/mol. The van der Waals surface area contributed by atoms with Crippen molar-refractivity contribution in [1.29, 1.82) is 0 Å². The Morgan fingerprint density at radius 3 is 1.70 bits per heavy atom. The number of anilines is 1. The predicted octanol–water partition coefficient (Wildman–Crippen LogP) is 6.34. The minimum atomic E-state index is -0.244. The zero-order valence-electron chi connectivity index (χ0n) is 19.0. The van der Waals surface area contributed by atoms with Crippen LogP contribution in [-0.2, 0) is 4.79 Å². The molecule has 3 aromatic rings. The van der Waals surface area contributed by atoms with Gasteiger partial charge in [-0.25, -0.2) is 0 Å². The molecule has 3 aromatic carbocycles. The number of benzene rings is 3. The van der Waals surface area contributed by atoms with E-state index in [2.05, 4.69) is 5.32 Å². The van der Waals surface area contributed by atoms with Crippen LogP contribution in [0.4, 0.5) is 5.69 Å². The molecule has 4 rings (SSSR count). The van der Waals surface area contributed by atoms with E-state index < -0.39 is 0 Å². The van der Waals surface area contributed by atoms with E-state index in [0.717, 1.165) is 28.1 Å². The van der Waals surface area contributed by atoms with Crippen molar-refractivity contribution >= 4 is 34.9 Å². The number of hydrogen-bond acceptors (Lipinski definition) is 4. The summed E-state index contributed by atoms with van der Waals surface area (Å²) in [6, 6.07) is 23.0. The van der Waals surface area contributed by atoms with Gasteiger partial charge in [0.2, 0.25) is 5.91 Å². The maximum Gasteiger partial charge on any atom is 0.228 e. The van der Waals surface area contributed by atoms with Gasteiger partial charge < -0.3 is 5.32 Å². The van der Waals surface area contributed by atoms with Crippen molar-refractivity contribution in [3.8, 4) is 0 Å². The Bertz CT molecular complexity index is 1120. The molecule has 1 N–H and O–H groups in total. The second kappa shape index (κ2) is 9.75. The summed E-state index contributed by atoms with van der Waals surface area (Å²) in [4.78, 5) is 37.9. The van der Waals surface area contributed by atoms with Gasteiger partial charge in [0.25, 0.3) is 0 Å². The van der Waals surface area contributed by atoms with Gasteiger partial charge in [-0.15, -0.1) is 11.8 Å². The molecule has 0 heterocycles. The summed E-state index contributed by atoms with van der Waals surface area (Å²) in [7, 11) is 0. The van der Waals surface area contributed by atoms with Gasteiger partial charge in [0.15, 0.2) is 11.6 Å². The number of ketones is 2. The number of carbonyl (C=O) groups is 3. The highest BCUT2D eigenvalue weighted by molar-refractivity contribution is 7.98. The van der Waals surface area contributed by atoms with Crippen molar-refractivity contribution in [2.24, 2.45) is 5.92 Å². The number of hydrogen-bond donors (Lipinski definition) is 1. The molecular weight excluding hydrogens is 430 g/mol. The SMILES string of the molecule is CSc1ccccc1NC(=O)C1[C@@H](c2ccc(C(C)=O)cc2)C[C@H]1c1ccc(C(C)=O)cc1. The highest BCUT2D eigenvalue weighted by Gasteiger charge is 2.47. The Kier molecular flexibility index (Phi) is 6.80. The summed E-state index contributed by atoms with van der Waals surface area (Å²) >= 11 is 1.60. The maximum absolute atomic E-state index is 13.6. The molecule has 33 heavy (non-hydrogen) atoms. The summed E-state index contributed by atoms with van der Waals surface area (Å²) in [5, 5.41) is 3.15. The van der Waals surface area contributed by atoms with Gasteiger partial charge in [-0.3, -0.25) is 14.4 Å². The van der Waals surface area contributed by atoms with Crippen LogP contribution in [0.25, 0.3) is 0 Å². The standard InChI is InChI=1S/C28H27NO3S/c1-17(30)19-8-12-21(13-9-19)23-16-24(22-14-10-20(11-15-22)18(2)31)27(23)28(32)29-25-6-4-5-7-26(25)33-3/h4-15,23-24,27H,16H2,1-3H3,(H,29,32)/t23-,24+,27?. The number of thioether (sulfide) groups is 1. The van der Waals surface area contributed by atoms with Gasteiger partial charge in [0.1, 0.15) is 0 Å². The quantitative estimate of drug-likeness (QED) is 0.332. The molecule has 0 bridgehead atoms. The normalized spacial score (nSPS) is 19.4. The van der Waals surface area contributed by atoms with Crippen LogP contribution in [0.3, 0.4) is 0 Å². The lowest BCUT2D eigenvalue weighted by molar-refractivity contribution is -0.124. The highest BCUT2D eigenvalue weighted by atomic mass is 32.2. The first-order chi connectivity index (χ1) is 15.9. The van der Waals surface area contributed by atoms with Crippen LogP contribution in [0.5, 0.6) is 0 Å². The average Bonchev–Trinajstić information content (AvgIpc) is 2.79. The van der Waals surface area contributed by atoms with E-state index in [1.54, 1.807) is 25.6 Å². The van der Waals surface area contributed by atoms with Crippen LogP contribution >= 0.6 is 11.8 Å². The van der Waals surface area contributed by atoms with E-state index in [1.807, 2.05) is 79.1 Å². The lowest BCUT2D eigenvalue weighted by atomic mass is 9.59. The second-order valence-electron chi connectivity index (χ2n) is 8.52. The highest BCUT2D eigenvalue weighted by Crippen LogP contribution is 2.53. The zero-order chi connectivity index (χ0) is 23.5. The third-order valence-corrected chi connectivity index (χ3v) is 7.33. The molecule has 3 atom stereocenters. The lowest BCUT2D eigenvalue weighted by Gasteiger charge is -2.44. The van der Waals surface area contributed by atoms with Crippen LogP contribution in [0.2, 0.25) is 0 Å². The number of nitrogens with one attached hydrogen (secondary N) is 1. The summed E-state index contributed by atoms with van der Waals surface area (Å²) in [6.07, 6.45) is 2.83. The Balaban J connectivity index is 1.64. The largest absolute Gasteiger partial charge is 0.325 e. The molecular formula is C28H27NO3S. The van der Waals surface area contributed by atoms with Gasteiger partial charge in [0.05, 0.1) is 11.6 Å². The fraction of sp³-hybridized carbons (Fsp3) is 0.250. The van der Waals surface area contributed by atoms with E-state index >= 15 is 0 Å². The van der Waals surface area contributed by atoms with Crippen LogP contribution in [0.15, 0.2) is 77.7 Å². The molecule has 1 unspecified atom stereocenters. The monoisotopic (exact) mass is 457 g/mol. The summed E-state index contributed by atoms with van der Waals surface area (Å²) in [5.41, 5.74) is 4.29. The lowest BCUT2D eigenvalue weighted by Crippen LogP contribution is -2.42. The van der Waals surface area contributed by atoms with Crippen molar-refractivity contribution in [3.05, 3.63) is 95.1 Å². The number of carbonyl (C=O) groups excluding carboxylic acids is 3. The van der Waals surface area contributed by atoms with Crippen molar-refractivity contribution in [2.45, 2.75) is 37.0 Å². The van der Waals surface area contributed by atoms with Crippen LogP contribution in [-0.4, -0.2) is 23.7 Å². The number of para-hydroxylation sites is 1. The molecule has 0 aromatic heterocycles. The van der Waals surface area contributed by atoms with E-state index in [1.165, 1.54) is 0 Å². The molecule has 168 valence electrons.